The summed E-state index contributed by atoms with van der Waals surface area (Å²) in [5, 5.41) is 0. The minimum absolute atomic E-state index is 0.105. The van der Waals surface area contributed by atoms with Crippen molar-refractivity contribution in [3.05, 3.63) is 109 Å². The van der Waals surface area contributed by atoms with Crippen LogP contribution in [0.1, 0.15) is 252 Å². The highest BCUT2D eigenvalue weighted by atomic mass is 16.6. The second kappa shape index (κ2) is 56.7. The first-order valence-corrected chi connectivity index (χ1v) is 28.4. The maximum atomic E-state index is 12.9. The van der Waals surface area contributed by atoms with Gasteiger partial charge in [0.2, 0.25) is 0 Å². The summed E-state index contributed by atoms with van der Waals surface area (Å²) in [6.07, 6.45) is 76.4. The molecule has 0 bridgehead atoms. The lowest BCUT2D eigenvalue weighted by molar-refractivity contribution is -0.167. The van der Waals surface area contributed by atoms with Gasteiger partial charge < -0.3 is 14.2 Å². The number of carbonyl (C=O) groups excluding carboxylic acids is 3. The molecule has 0 unspecified atom stereocenters. The largest absolute Gasteiger partial charge is 0.462 e. The Labute approximate surface area is 425 Å². The van der Waals surface area contributed by atoms with E-state index in [1.54, 1.807) is 0 Å². The number of rotatable bonds is 50. The molecule has 6 nitrogen and oxygen atoms in total. The lowest BCUT2D eigenvalue weighted by Crippen LogP contribution is -2.30. The Morgan fingerprint density at radius 3 is 0.942 bits per heavy atom. The summed E-state index contributed by atoms with van der Waals surface area (Å²) in [7, 11) is 0. The summed E-state index contributed by atoms with van der Waals surface area (Å²) in [5.41, 5.74) is 0. The van der Waals surface area contributed by atoms with Gasteiger partial charge in [0.15, 0.2) is 6.10 Å². The van der Waals surface area contributed by atoms with Crippen molar-refractivity contribution in [1.82, 2.24) is 0 Å². The lowest BCUT2D eigenvalue weighted by atomic mass is 10.1. The van der Waals surface area contributed by atoms with Crippen LogP contribution >= 0.6 is 0 Å². The number of hydrogen-bond acceptors (Lipinski definition) is 6. The smallest absolute Gasteiger partial charge is 0.306 e. The van der Waals surface area contributed by atoms with Crippen LogP contribution < -0.4 is 0 Å². The molecule has 0 aromatic heterocycles. The van der Waals surface area contributed by atoms with E-state index in [9.17, 15) is 14.4 Å². The molecule has 0 aliphatic carbocycles. The van der Waals surface area contributed by atoms with Crippen molar-refractivity contribution in [2.45, 2.75) is 258 Å². The van der Waals surface area contributed by atoms with Crippen molar-refractivity contribution in [3.63, 3.8) is 0 Å². The fourth-order valence-corrected chi connectivity index (χ4v) is 7.48. The van der Waals surface area contributed by atoms with E-state index in [-0.39, 0.29) is 37.5 Å². The SMILES string of the molecule is CC/C=C\C/C=C\C/C=C\C/C=C\C/C=C\CCCC(=O)OC[C@@H](COC(=O)CCCCCCCCC/C=C\C/C=C\CCCCC)OC(=O)CCCCCCCCC/C=C\C/C=C\CCCCC. The zero-order valence-corrected chi connectivity index (χ0v) is 44.8. The van der Waals surface area contributed by atoms with Gasteiger partial charge in [-0.15, -0.1) is 0 Å². The van der Waals surface area contributed by atoms with Gasteiger partial charge in [-0.1, -0.05) is 220 Å². The molecule has 0 N–H and O–H groups in total. The van der Waals surface area contributed by atoms with E-state index in [1.165, 1.54) is 103 Å². The number of ether oxygens (including phenoxy) is 3. The Morgan fingerprint density at radius 1 is 0.304 bits per heavy atom. The Hall–Kier alpha value is -3.93. The van der Waals surface area contributed by atoms with Crippen LogP contribution in [-0.2, 0) is 28.6 Å². The van der Waals surface area contributed by atoms with Gasteiger partial charge in [0.1, 0.15) is 13.2 Å². The monoisotopic (exact) mass is 957 g/mol. The molecule has 0 radical (unpaired) electrons. The van der Waals surface area contributed by atoms with Gasteiger partial charge in [0.25, 0.3) is 0 Å². The van der Waals surface area contributed by atoms with E-state index in [0.29, 0.717) is 19.3 Å². The quantitative estimate of drug-likeness (QED) is 0.0262. The summed E-state index contributed by atoms with van der Waals surface area (Å²) < 4.78 is 16.8. The third-order valence-electron chi connectivity index (χ3n) is 11.7. The van der Waals surface area contributed by atoms with Crippen molar-refractivity contribution in [3.8, 4) is 0 Å². The molecule has 0 heterocycles. The molecular weight excluding hydrogens is 853 g/mol. The predicted octanol–water partition coefficient (Wildman–Crippen LogP) is 19.1. The summed E-state index contributed by atoms with van der Waals surface area (Å²) >= 11 is 0. The van der Waals surface area contributed by atoms with Crippen LogP contribution in [0.3, 0.4) is 0 Å². The van der Waals surface area contributed by atoms with Crippen LogP contribution in [0.5, 0.6) is 0 Å². The van der Waals surface area contributed by atoms with Gasteiger partial charge in [-0.2, -0.15) is 0 Å². The lowest BCUT2D eigenvalue weighted by Gasteiger charge is -2.18. The van der Waals surface area contributed by atoms with Crippen LogP contribution in [-0.4, -0.2) is 37.2 Å². The number of carbonyl (C=O) groups is 3. The summed E-state index contributed by atoms with van der Waals surface area (Å²) in [5.74, 6) is -0.980. The van der Waals surface area contributed by atoms with Crippen molar-refractivity contribution < 1.29 is 28.6 Å². The van der Waals surface area contributed by atoms with Crippen molar-refractivity contribution in [2.24, 2.45) is 0 Å². The van der Waals surface area contributed by atoms with E-state index in [2.05, 4.69) is 130 Å². The fraction of sp³-hybridized carbons (Fsp3) is 0.667. The second-order valence-electron chi connectivity index (χ2n) is 18.5. The van der Waals surface area contributed by atoms with Gasteiger partial charge >= 0.3 is 17.9 Å². The van der Waals surface area contributed by atoms with Crippen LogP contribution in [0.4, 0.5) is 0 Å². The molecule has 0 aliphatic rings. The van der Waals surface area contributed by atoms with Crippen molar-refractivity contribution in [1.29, 1.82) is 0 Å². The topological polar surface area (TPSA) is 78.9 Å². The van der Waals surface area contributed by atoms with E-state index in [1.807, 2.05) is 0 Å². The van der Waals surface area contributed by atoms with Crippen molar-refractivity contribution in [2.75, 3.05) is 13.2 Å². The standard InChI is InChI=1S/C63H104O6/c1-4-7-10-13-16-19-22-25-28-31-34-37-40-43-46-49-52-55-61(64)67-58-60(69-63(66)57-54-51-48-45-42-39-36-33-30-27-24-21-18-15-12-9-6-3)59-68-62(65)56-53-50-47-44-41-38-35-32-29-26-23-20-17-14-11-8-5-2/h7,10,16-21,25-30,34,37,43,46,60H,4-6,8-9,11-15,22-24,31-33,35-36,38-42,44-45,47-59H2,1-3H3/b10-7-,19-16-,20-17-,21-18-,28-25-,29-26-,30-27-,37-34-,46-43-/t60-/m0/s1. The Balaban J connectivity index is 4.51. The minimum atomic E-state index is -0.811. The number of unbranched alkanes of at least 4 members (excludes halogenated alkanes) is 21. The molecule has 0 saturated heterocycles. The number of allylic oxidation sites excluding steroid dienone is 18. The first-order valence-electron chi connectivity index (χ1n) is 28.4. The van der Waals surface area contributed by atoms with E-state index >= 15 is 0 Å². The highest BCUT2D eigenvalue weighted by Gasteiger charge is 2.19. The van der Waals surface area contributed by atoms with E-state index in [0.717, 1.165) is 103 Å². The molecule has 6 heteroatoms. The minimum Gasteiger partial charge on any atom is -0.462 e. The molecule has 0 fully saturated rings. The summed E-state index contributed by atoms with van der Waals surface area (Å²) in [6.45, 7) is 6.41. The maximum absolute atomic E-state index is 12.9. The molecule has 0 aromatic carbocycles. The van der Waals surface area contributed by atoms with Crippen molar-refractivity contribution >= 4 is 17.9 Å². The molecule has 0 aromatic rings. The highest BCUT2D eigenvalue weighted by Crippen LogP contribution is 2.14. The van der Waals surface area contributed by atoms with Gasteiger partial charge in [-0.05, 0) is 122 Å². The predicted molar refractivity (Wildman–Crippen MR) is 297 cm³/mol. The van der Waals surface area contributed by atoms with Gasteiger partial charge in [-0.25, -0.2) is 0 Å². The first kappa shape index (κ1) is 65.1. The van der Waals surface area contributed by atoms with Gasteiger partial charge in [-0.3, -0.25) is 14.4 Å². The molecule has 0 amide bonds. The third kappa shape index (κ3) is 54.9. The molecule has 0 spiro atoms. The first-order chi connectivity index (χ1) is 34.0. The average Bonchev–Trinajstić information content (AvgIpc) is 3.35. The highest BCUT2D eigenvalue weighted by molar-refractivity contribution is 5.71. The Bertz CT molecular complexity index is 1420. The molecule has 0 saturated carbocycles. The molecule has 0 aliphatic heterocycles. The zero-order valence-electron chi connectivity index (χ0n) is 44.8. The number of hydrogen-bond donors (Lipinski definition) is 0. The second-order valence-corrected chi connectivity index (χ2v) is 18.5. The molecular formula is C63H104O6. The summed E-state index contributed by atoms with van der Waals surface area (Å²) in [4.78, 5) is 38.1. The molecule has 69 heavy (non-hydrogen) atoms. The average molecular weight is 958 g/mol. The molecule has 1 atom stereocenters. The fourth-order valence-electron chi connectivity index (χ4n) is 7.48. The zero-order chi connectivity index (χ0) is 50.0. The Kier molecular flexibility index (Phi) is 53.4. The normalized spacial score (nSPS) is 12.9. The summed E-state index contributed by atoms with van der Waals surface area (Å²) in [6, 6.07) is 0. The van der Waals surface area contributed by atoms with Gasteiger partial charge in [0.05, 0.1) is 0 Å². The maximum Gasteiger partial charge on any atom is 0.306 e. The number of esters is 3. The van der Waals surface area contributed by atoms with Crippen LogP contribution in [0, 0.1) is 0 Å². The molecule has 0 rings (SSSR count). The van der Waals surface area contributed by atoms with Crippen LogP contribution in [0.15, 0.2) is 109 Å². The van der Waals surface area contributed by atoms with Crippen LogP contribution in [0.25, 0.3) is 0 Å². The van der Waals surface area contributed by atoms with E-state index in [4.69, 9.17) is 14.2 Å². The Morgan fingerprint density at radius 2 is 0.580 bits per heavy atom. The van der Waals surface area contributed by atoms with Gasteiger partial charge in [0, 0.05) is 19.3 Å². The third-order valence-corrected chi connectivity index (χ3v) is 11.7. The molecule has 392 valence electrons. The van der Waals surface area contributed by atoms with Crippen LogP contribution in [0.2, 0.25) is 0 Å². The van der Waals surface area contributed by atoms with E-state index < -0.39 is 6.10 Å².